The van der Waals surface area contributed by atoms with Gasteiger partial charge in [0.15, 0.2) is 0 Å². The van der Waals surface area contributed by atoms with Gasteiger partial charge in [-0.25, -0.2) is 8.78 Å². The fraction of sp³-hybridized carbons (Fsp3) is 0.500. The average Bonchev–Trinajstić information content (AvgIpc) is 2.25. The van der Waals surface area contributed by atoms with Crippen molar-refractivity contribution in [3.8, 4) is 0 Å². The summed E-state index contributed by atoms with van der Waals surface area (Å²) in [5.74, 6) is -0.800. The van der Waals surface area contributed by atoms with Gasteiger partial charge in [0.05, 0.1) is 5.69 Å². The van der Waals surface area contributed by atoms with Crippen molar-refractivity contribution in [1.29, 1.82) is 0 Å². The van der Waals surface area contributed by atoms with Gasteiger partial charge in [0.1, 0.15) is 11.6 Å². The first kappa shape index (κ1) is 12.9. The molecule has 0 atom stereocenters. The molecule has 1 rings (SSSR count). The molecule has 0 saturated carbocycles. The molecule has 1 N–H and O–H groups in total. The van der Waals surface area contributed by atoms with Crippen LogP contribution in [0.4, 0.5) is 14.5 Å². The number of aryl methyl sites for hydroxylation is 1. The highest BCUT2D eigenvalue weighted by Gasteiger charge is 2.06. The summed E-state index contributed by atoms with van der Waals surface area (Å²) < 4.78 is 31.4. The predicted molar refractivity (Wildman–Crippen MR) is 60.7 cm³/mol. The van der Waals surface area contributed by atoms with Crippen LogP contribution in [0.15, 0.2) is 12.1 Å². The lowest BCUT2D eigenvalue weighted by atomic mass is 10.2. The maximum absolute atomic E-state index is 13.4. The molecule has 1 aromatic rings. The second kappa shape index (κ2) is 6.43. The molecule has 16 heavy (non-hydrogen) atoms. The Balaban J connectivity index is 2.45. The molecule has 0 radical (unpaired) electrons. The maximum Gasteiger partial charge on any atom is 0.146 e. The Labute approximate surface area is 94.6 Å². The van der Waals surface area contributed by atoms with E-state index in [4.69, 9.17) is 4.74 Å². The summed E-state index contributed by atoms with van der Waals surface area (Å²) in [5.41, 5.74) is 0.544. The number of benzene rings is 1. The molecule has 0 aliphatic carbocycles. The summed E-state index contributed by atoms with van der Waals surface area (Å²) >= 11 is 0. The first-order valence-electron chi connectivity index (χ1n) is 5.33. The van der Waals surface area contributed by atoms with Crippen molar-refractivity contribution in [2.75, 3.05) is 25.6 Å². The van der Waals surface area contributed by atoms with E-state index in [1.807, 2.05) is 0 Å². The molecule has 0 aromatic heterocycles. The second-order valence-electron chi connectivity index (χ2n) is 3.71. The topological polar surface area (TPSA) is 21.3 Å². The quantitative estimate of drug-likeness (QED) is 0.757. The zero-order valence-electron chi connectivity index (χ0n) is 9.65. The Bertz CT molecular complexity index is 342. The van der Waals surface area contributed by atoms with Crippen LogP contribution in [0.2, 0.25) is 0 Å². The Morgan fingerprint density at radius 2 is 1.94 bits per heavy atom. The summed E-state index contributed by atoms with van der Waals surface area (Å²) in [6.07, 6.45) is 1.77. The van der Waals surface area contributed by atoms with Crippen molar-refractivity contribution in [2.24, 2.45) is 0 Å². The van der Waals surface area contributed by atoms with Gasteiger partial charge in [-0.1, -0.05) is 0 Å². The molecule has 0 aliphatic rings. The minimum absolute atomic E-state index is 0.223. The van der Waals surface area contributed by atoms with E-state index in [0.29, 0.717) is 18.7 Å². The van der Waals surface area contributed by atoms with Crippen LogP contribution in [0.1, 0.15) is 18.4 Å². The number of anilines is 1. The fourth-order valence-corrected chi connectivity index (χ4v) is 1.38. The number of unbranched alkanes of at least 4 members (excludes halogenated alkanes) is 1. The normalized spacial score (nSPS) is 10.5. The number of ether oxygens (including phenoxy) is 1. The van der Waals surface area contributed by atoms with Gasteiger partial charge in [-0.2, -0.15) is 0 Å². The van der Waals surface area contributed by atoms with E-state index in [1.165, 1.54) is 12.1 Å². The summed E-state index contributed by atoms with van der Waals surface area (Å²) in [4.78, 5) is 0. The predicted octanol–water partition coefficient (Wildman–Crippen LogP) is 3.11. The number of hydrogen-bond donors (Lipinski definition) is 1. The van der Waals surface area contributed by atoms with Crippen molar-refractivity contribution in [3.05, 3.63) is 29.3 Å². The van der Waals surface area contributed by atoms with E-state index >= 15 is 0 Å². The van der Waals surface area contributed by atoms with E-state index in [0.717, 1.165) is 12.8 Å². The van der Waals surface area contributed by atoms with Crippen LogP contribution in [-0.4, -0.2) is 20.3 Å². The third-order valence-corrected chi connectivity index (χ3v) is 2.34. The fourth-order valence-electron chi connectivity index (χ4n) is 1.38. The molecular weight excluding hydrogens is 212 g/mol. The number of hydrogen-bond acceptors (Lipinski definition) is 2. The van der Waals surface area contributed by atoms with Gasteiger partial charge < -0.3 is 10.1 Å². The molecule has 0 aliphatic heterocycles. The minimum atomic E-state index is -0.411. The lowest BCUT2D eigenvalue weighted by Crippen LogP contribution is -2.05. The van der Waals surface area contributed by atoms with Gasteiger partial charge in [-0.05, 0) is 31.4 Å². The van der Waals surface area contributed by atoms with E-state index in [9.17, 15) is 8.78 Å². The summed E-state index contributed by atoms with van der Waals surface area (Å²) in [6.45, 7) is 2.84. The molecule has 0 spiro atoms. The third-order valence-electron chi connectivity index (χ3n) is 2.34. The molecule has 0 heterocycles. The van der Waals surface area contributed by atoms with Crippen molar-refractivity contribution >= 4 is 5.69 Å². The van der Waals surface area contributed by atoms with Crippen molar-refractivity contribution in [3.63, 3.8) is 0 Å². The number of halogens is 2. The molecule has 0 saturated heterocycles. The molecule has 90 valence electrons. The Morgan fingerprint density at radius 1 is 1.19 bits per heavy atom. The van der Waals surface area contributed by atoms with Crippen molar-refractivity contribution in [2.45, 2.75) is 19.8 Å². The third kappa shape index (κ3) is 3.77. The lowest BCUT2D eigenvalue weighted by molar-refractivity contribution is 0.194. The van der Waals surface area contributed by atoms with Gasteiger partial charge >= 0.3 is 0 Å². The highest BCUT2D eigenvalue weighted by molar-refractivity contribution is 5.46. The molecule has 0 amide bonds. The summed E-state index contributed by atoms with van der Waals surface area (Å²) in [5, 5.41) is 2.87. The van der Waals surface area contributed by atoms with Gasteiger partial charge in [0, 0.05) is 26.3 Å². The van der Waals surface area contributed by atoms with E-state index in [2.05, 4.69) is 5.32 Å². The zero-order chi connectivity index (χ0) is 12.0. The molecule has 2 nitrogen and oxygen atoms in total. The highest BCUT2D eigenvalue weighted by Crippen LogP contribution is 2.18. The summed E-state index contributed by atoms with van der Waals surface area (Å²) in [7, 11) is 1.64. The maximum atomic E-state index is 13.4. The van der Waals surface area contributed by atoms with Crippen molar-refractivity contribution < 1.29 is 13.5 Å². The van der Waals surface area contributed by atoms with Crippen molar-refractivity contribution in [1.82, 2.24) is 0 Å². The Hall–Kier alpha value is -1.16. The first-order chi connectivity index (χ1) is 7.65. The largest absolute Gasteiger partial charge is 0.385 e. The van der Waals surface area contributed by atoms with Crippen LogP contribution in [0, 0.1) is 18.6 Å². The van der Waals surface area contributed by atoms with Crippen LogP contribution >= 0.6 is 0 Å². The van der Waals surface area contributed by atoms with E-state index in [1.54, 1.807) is 14.0 Å². The van der Waals surface area contributed by atoms with Gasteiger partial charge in [0.25, 0.3) is 0 Å². The lowest BCUT2D eigenvalue weighted by Gasteiger charge is -2.08. The highest BCUT2D eigenvalue weighted by atomic mass is 19.1. The minimum Gasteiger partial charge on any atom is -0.385 e. The zero-order valence-corrected chi connectivity index (χ0v) is 9.65. The molecule has 1 aromatic carbocycles. The number of methoxy groups -OCH3 is 1. The smallest absolute Gasteiger partial charge is 0.146 e. The Morgan fingerprint density at radius 3 is 2.62 bits per heavy atom. The second-order valence-corrected chi connectivity index (χ2v) is 3.71. The molecule has 0 fully saturated rings. The molecule has 0 unspecified atom stereocenters. The standard InChI is InChI=1S/C12H17F2NO/c1-9-7-11(14)12(8-10(9)13)15-5-3-4-6-16-2/h7-8,15H,3-6H2,1-2H3. The number of rotatable bonds is 6. The molecule has 0 bridgehead atoms. The van der Waals surface area contributed by atoms with Gasteiger partial charge in [-0.15, -0.1) is 0 Å². The summed E-state index contributed by atoms with van der Waals surface area (Å²) in [6, 6.07) is 2.40. The first-order valence-corrected chi connectivity index (χ1v) is 5.33. The van der Waals surface area contributed by atoms with Crippen LogP contribution in [0.3, 0.4) is 0 Å². The monoisotopic (exact) mass is 229 g/mol. The van der Waals surface area contributed by atoms with E-state index < -0.39 is 5.82 Å². The van der Waals surface area contributed by atoms with Gasteiger partial charge in [-0.3, -0.25) is 0 Å². The average molecular weight is 229 g/mol. The SMILES string of the molecule is COCCCCNc1cc(F)c(C)cc1F. The van der Waals surface area contributed by atoms with Crippen LogP contribution in [-0.2, 0) is 4.74 Å². The Kier molecular flexibility index (Phi) is 5.19. The van der Waals surface area contributed by atoms with Crippen LogP contribution < -0.4 is 5.32 Å². The van der Waals surface area contributed by atoms with Crippen LogP contribution in [0.5, 0.6) is 0 Å². The number of nitrogens with one attached hydrogen (secondary N) is 1. The van der Waals surface area contributed by atoms with E-state index in [-0.39, 0.29) is 11.5 Å². The van der Waals surface area contributed by atoms with Gasteiger partial charge in [0.2, 0.25) is 0 Å². The van der Waals surface area contributed by atoms with Crippen LogP contribution in [0.25, 0.3) is 0 Å². The molecular formula is C12H17F2NO. The molecule has 4 heteroatoms.